The Hall–Kier alpha value is -1.51. The molecule has 0 saturated heterocycles. The number of aryl methyl sites for hydroxylation is 1. The second-order valence-electron chi connectivity index (χ2n) is 4.24. The molecule has 3 nitrogen and oxygen atoms in total. The summed E-state index contributed by atoms with van der Waals surface area (Å²) < 4.78 is 5.56. The third kappa shape index (κ3) is 4.89. The van der Waals surface area contributed by atoms with Gasteiger partial charge in [0.05, 0.1) is 13.0 Å². The number of hydrogen-bond acceptors (Lipinski definition) is 2. The molecule has 17 heavy (non-hydrogen) atoms. The second kappa shape index (κ2) is 6.94. The van der Waals surface area contributed by atoms with Crippen molar-refractivity contribution in [3.05, 3.63) is 29.8 Å². The van der Waals surface area contributed by atoms with Crippen molar-refractivity contribution in [3.63, 3.8) is 0 Å². The lowest BCUT2D eigenvalue weighted by Gasteiger charge is -2.12. The van der Waals surface area contributed by atoms with E-state index in [2.05, 4.69) is 12.2 Å². The van der Waals surface area contributed by atoms with E-state index in [4.69, 9.17) is 4.74 Å². The summed E-state index contributed by atoms with van der Waals surface area (Å²) in [6.07, 6.45) is 1.35. The number of rotatable bonds is 6. The summed E-state index contributed by atoms with van der Waals surface area (Å²) >= 11 is 0. The van der Waals surface area contributed by atoms with Crippen LogP contribution in [0.5, 0.6) is 5.75 Å². The molecular weight excluding hydrogens is 214 g/mol. The van der Waals surface area contributed by atoms with E-state index in [0.717, 1.165) is 17.7 Å². The molecule has 94 valence electrons. The summed E-state index contributed by atoms with van der Waals surface area (Å²) in [6.45, 7) is 6.47. The highest BCUT2D eigenvalue weighted by Crippen LogP contribution is 2.16. The van der Waals surface area contributed by atoms with Gasteiger partial charge in [0.15, 0.2) is 0 Å². The Labute approximate surface area is 103 Å². The van der Waals surface area contributed by atoms with Crippen LogP contribution >= 0.6 is 0 Å². The zero-order chi connectivity index (χ0) is 12.7. The Morgan fingerprint density at radius 1 is 1.41 bits per heavy atom. The smallest absolute Gasteiger partial charge is 0.223 e. The zero-order valence-corrected chi connectivity index (χ0v) is 10.8. The molecule has 0 radical (unpaired) electrons. The lowest BCUT2D eigenvalue weighted by Crippen LogP contribution is -2.32. The highest BCUT2D eigenvalue weighted by molar-refractivity contribution is 5.76. The molecule has 1 atom stereocenters. The summed E-state index contributed by atoms with van der Waals surface area (Å²) in [5.41, 5.74) is 1.09. The quantitative estimate of drug-likeness (QED) is 0.823. The third-order valence-corrected chi connectivity index (χ3v) is 2.70. The van der Waals surface area contributed by atoms with Crippen LogP contribution < -0.4 is 10.1 Å². The molecule has 0 aliphatic rings. The number of hydrogen-bond donors (Lipinski definition) is 1. The molecule has 3 heteroatoms. The Morgan fingerprint density at radius 2 is 2.12 bits per heavy atom. The van der Waals surface area contributed by atoms with Crippen LogP contribution in [0.25, 0.3) is 0 Å². The average Bonchev–Trinajstić information content (AvgIpc) is 2.31. The van der Waals surface area contributed by atoms with E-state index in [1.807, 2.05) is 38.1 Å². The van der Waals surface area contributed by atoms with Crippen LogP contribution in [0.4, 0.5) is 0 Å². The molecule has 0 bridgehead atoms. The Kier molecular flexibility index (Phi) is 5.53. The number of benzene rings is 1. The molecule has 0 aliphatic heterocycles. The van der Waals surface area contributed by atoms with Gasteiger partial charge < -0.3 is 10.1 Å². The van der Waals surface area contributed by atoms with Gasteiger partial charge in [-0.25, -0.2) is 0 Å². The minimum absolute atomic E-state index is 0.0490. The molecule has 1 aromatic carbocycles. The lowest BCUT2D eigenvalue weighted by molar-refractivity contribution is -0.122. The fraction of sp³-hybridized carbons (Fsp3) is 0.500. The molecule has 1 N–H and O–H groups in total. The van der Waals surface area contributed by atoms with E-state index in [-0.39, 0.29) is 11.9 Å². The van der Waals surface area contributed by atoms with Crippen molar-refractivity contribution in [2.75, 3.05) is 6.61 Å². The maximum absolute atomic E-state index is 11.5. The second-order valence-corrected chi connectivity index (χ2v) is 4.24. The zero-order valence-electron chi connectivity index (χ0n) is 10.8. The monoisotopic (exact) mass is 235 g/mol. The van der Waals surface area contributed by atoms with Crippen LogP contribution in [0.3, 0.4) is 0 Å². The molecule has 1 aromatic rings. The van der Waals surface area contributed by atoms with Gasteiger partial charge in [-0.1, -0.05) is 25.1 Å². The van der Waals surface area contributed by atoms with Gasteiger partial charge in [-0.2, -0.15) is 0 Å². The van der Waals surface area contributed by atoms with Gasteiger partial charge in [0.2, 0.25) is 5.91 Å². The first-order valence-electron chi connectivity index (χ1n) is 6.11. The fourth-order valence-corrected chi connectivity index (χ4v) is 1.42. The number of carbonyl (C=O) groups is 1. The Bertz CT molecular complexity index is 363. The van der Waals surface area contributed by atoms with Gasteiger partial charge >= 0.3 is 0 Å². The normalized spacial score (nSPS) is 11.9. The Morgan fingerprint density at radius 3 is 2.76 bits per heavy atom. The van der Waals surface area contributed by atoms with Crippen molar-refractivity contribution in [1.82, 2.24) is 5.32 Å². The highest BCUT2D eigenvalue weighted by atomic mass is 16.5. The minimum atomic E-state index is 0.0490. The van der Waals surface area contributed by atoms with Crippen LogP contribution in [0.1, 0.15) is 32.3 Å². The molecule has 1 amide bonds. The number of amides is 1. The predicted octanol–water partition coefficient (Wildman–Crippen LogP) is 2.68. The SMILES string of the molecule is CCC(C)NC(=O)CCOc1ccccc1C. The molecule has 0 aromatic heterocycles. The first-order valence-corrected chi connectivity index (χ1v) is 6.11. The van der Waals surface area contributed by atoms with Crippen LogP contribution in [0.15, 0.2) is 24.3 Å². The maximum Gasteiger partial charge on any atom is 0.223 e. The van der Waals surface area contributed by atoms with Crippen molar-refractivity contribution in [3.8, 4) is 5.75 Å². The largest absolute Gasteiger partial charge is 0.493 e. The standard InChI is InChI=1S/C14H21NO2/c1-4-12(3)15-14(16)9-10-17-13-8-6-5-7-11(13)2/h5-8,12H,4,9-10H2,1-3H3,(H,15,16). The summed E-state index contributed by atoms with van der Waals surface area (Å²) in [7, 11) is 0. The van der Waals surface area contributed by atoms with Gasteiger partial charge in [0.25, 0.3) is 0 Å². The lowest BCUT2D eigenvalue weighted by atomic mass is 10.2. The van der Waals surface area contributed by atoms with Crippen molar-refractivity contribution in [2.24, 2.45) is 0 Å². The number of ether oxygens (including phenoxy) is 1. The molecule has 0 heterocycles. The molecule has 0 aliphatic carbocycles. The summed E-state index contributed by atoms with van der Waals surface area (Å²) in [5, 5.41) is 2.91. The van der Waals surface area contributed by atoms with E-state index in [1.165, 1.54) is 0 Å². The van der Waals surface area contributed by atoms with Crippen molar-refractivity contribution in [1.29, 1.82) is 0 Å². The summed E-state index contributed by atoms with van der Waals surface area (Å²) in [6, 6.07) is 8.05. The van der Waals surface area contributed by atoms with E-state index in [1.54, 1.807) is 0 Å². The van der Waals surface area contributed by atoms with Gasteiger partial charge in [0.1, 0.15) is 5.75 Å². The summed E-state index contributed by atoms with van der Waals surface area (Å²) in [5.74, 6) is 0.900. The first kappa shape index (κ1) is 13.6. The fourth-order valence-electron chi connectivity index (χ4n) is 1.42. The van der Waals surface area contributed by atoms with E-state index in [0.29, 0.717) is 13.0 Å². The van der Waals surface area contributed by atoms with Crippen LogP contribution in [0, 0.1) is 6.92 Å². The third-order valence-electron chi connectivity index (χ3n) is 2.70. The van der Waals surface area contributed by atoms with Crippen molar-refractivity contribution >= 4 is 5.91 Å². The van der Waals surface area contributed by atoms with E-state index < -0.39 is 0 Å². The van der Waals surface area contributed by atoms with E-state index >= 15 is 0 Å². The van der Waals surface area contributed by atoms with Crippen LogP contribution in [0.2, 0.25) is 0 Å². The molecular formula is C14H21NO2. The maximum atomic E-state index is 11.5. The van der Waals surface area contributed by atoms with Crippen molar-refractivity contribution in [2.45, 2.75) is 39.7 Å². The summed E-state index contributed by atoms with van der Waals surface area (Å²) in [4.78, 5) is 11.5. The number of carbonyl (C=O) groups excluding carboxylic acids is 1. The van der Waals surface area contributed by atoms with Crippen molar-refractivity contribution < 1.29 is 9.53 Å². The van der Waals surface area contributed by atoms with Gasteiger partial charge in [-0.15, -0.1) is 0 Å². The average molecular weight is 235 g/mol. The molecule has 0 saturated carbocycles. The molecule has 0 fully saturated rings. The van der Waals surface area contributed by atoms with Crippen LogP contribution in [-0.4, -0.2) is 18.6 Å². The highest BCUT2D eigenvalue weighted by Gasteiger charge is 2.05. The minimum Gasteiger partial charge on any atom is -0.493 e. The molecule has 1 unspecified atom stereocenters. The number of para-hydroxylation sites is 1. The molecule has 1 rings (SSSR count). The van der Waals surface area contributed by atoms with Crippen LogP contribution in [-0.2, 0) is 4.79 Å². The topological polar surface area (TPSA) is 38.3 Å². The first-order chi connectivity index (χ1) is 8.13. The van der Waals surface area contributed by atoms with Gasteiger partial charge in [0, 0.05) is 6.04 Å². The predicted molar refractivity (Wildman–Crippen MR) is 69.2 cm³/mol. The Balaban J connectivity index is 2.29. The van der Waals surface area contributed by atoms with E-state index in [9.17, 15) is 4.79 Å². The molecule has 0 spiro atoms. The number of nitrogens with one attached hydrogen (secondary N) is 1. The van der Waals surface area contributed by atoms with Gasteiger partial charge in [-0.05, 0) is 31.9 Å². The van der Waals surface area contributed by atoms with Gasteiger partial charge in [-0.3, -0.25) is 4.79 Å².